The molecule has 0 aliphatic heterocycles. The summed E-state index contributed by atoms with van der Waals surface area (Å²) >= 11 is 0. The normalized spacial score (nSPS) is 45.8. The van der Waals surface area contributed by atoms with Crippen LogP contribution in [0.2, 0.25) is 0 Å². The topological polar surface area (TPSA) is 69.9 Å². The Hall–Kier alpha value is -0.160. The molecule has 0 bridgehead atoms. The van der Waals surface area contributed by atoms with Gasteiger partial charge in [-0.05, 0) is 12.8 Å². The van der Waals surface area contributed by atoms with Crippen molar-refractivity contribution in [1.29, 1.82) is 0 Å². The van der Waals surface area contributed by atoms with Gasteiger partial charge < -0.3 is 20.1 Å². The highest BCUT2D eigenvalue weighted by Crippen LogP contribution is 2.21. The lowest BCUT2D eigenvalue weighted by atomic mass is 9.90. The van der Waals surface area contributed by atoms with Crippen LogP contribution in [-0.4, -0.2) is 46.8 Å². The predicted octanol–water partition coefficient (Wildman–Crippen LogP) is -1.12. The molecule has 1 rings (SSSR count). The van der Waals surface area contributed by atoms with Crippen LogP contribution in [0.15, 0.2) is 0 Å². The van der Waals surface area contributed by atoms with E-state index in [9.17, 15) is 10.2 Å². The Morgan fingerprint density at radius 3 is 2.09 bits per heavy atom. The first kappa shape index (κ1) is 8.93. The highest BCUT2D eigenvalue weighted by atomic mass is 16.5. The van der Waals surface area contributed by atoms with E-state index >= 15 is 0 Å². The first-order valence-electron chi connectivity index (χ1n) is 3.74. The minimum atomic E-state index is -0.955. The second kappa shape index (κ2) is 3.49. The van der Waals surface area contributed by atoms with Crippen LogP contribution in [0.25, 0.3) is 0 Å². The highest BCUT2D eigenvalue weighted by molar-refractivity contribution is 4.87. The van der Waals surface area contributed by atoms with Gasteiger partial charge in [0.2, 0.25) is 0 Å². The largest absolute Gasteiger partial charge is 0.390 e. The van der Waals surface area contributed by atoms with E-state index in [1.807, 2.05) is 0 Å². The van der Waals surface area contributed by atoms with E-state index in [0.717, 1.165) is 0 Å². The molecule has 4 unspecified atom stereocenters. The Bertz CT molecular complexity index is 128. The maximum absolute atomic E-state index is 9.27. The van der Waals surface area contributed by atoms with Gasteiger partial charge in [0, 0.05) is 7.11 Å². The lowest BCUT2D eigenvalue weighted by Gasteiger charge is -2.34. The average molecular weight is 162 g/mol. The molecule has 0 aromatic heterocycles. The fourth-order valence-corrected chi connectivity index (χ4v) is 1.42. The second-order valence-electron chi connectivity index (χ2n) is 2.90. The van der Waals surface area contributed by atoms with Crippen LogP contribution in [0.4, 0.5) is 0 Å². The number of methoxy groups -OCH3 is 1. The summed E-state index contributed by atoms with van der Waals surface area (Å²) in [7, 11) is 1.41. The smallest absolute Gasteiger partial charge is 0.111 e. The maximum atomic E-state index is 9.27. The molecule has 1 aliphatic rings. The van der Waals surface area contributed by atoms with Crippen molar-refractivity contribution in [1.82, 2.24) is 0 Å². The van der Waals surface area contributed by atoms with Gasteiger partial charge in [-0.2, -0.15) is 0 Å². The summed E-state index contributed by atoms with van der Waals surface area (Å²) in [6, 6.07) is 0. The van der Waals surface area contributed by atoms with Gasteiger partial charge in [0.1, 0.15) is 12.2 Å². The molecule has 0 heterocycles. The second-order valence-corrected chi connectivity index (χ2v) is 2.90. The minimum absolute atomic E-state index is 0.433. The number of aliphatic hydroxyl groups is 3. The summed E-state index contributed by atoms with van der Waals surface area (Å²) in [5.41, 5.74) is 0. The molecule has 1 fully saturated rings. The van der Waals surface area contributed by atoms with E-state index in [2.05, 4.69) is 0 Å². The molecule has 66 valence electrons. The van der Waals surface area contributed by atoms with Gasteiger partial charge in [0.15, 0.2) is 0 Å². The summed E-state index contributed by atoms with van der Waals surface area (Å²) < 4.78 is 4.83. The quantitative estimate of drug-likeness (QED) is 0.456. The van der Waals surface area contributed by atoms with Crippen molar-refractivity contribution < 1.29 is 20.1 Å². The summed E-state index contributed by atoms with van der Waals surface area (Å²) in [4.78, 5) is 0. The number of hydrogen-bond donors (Lipinski definition) is 3. The van der Waals surface area contributed by atoms with Gasteiger partial charge in [0.25, 0.3) is 0 Å². The van der Waals surface area contributed by atoms with Crippen molar-refractivity contribution in [3.8, 4) is 0 Å². The van der Waals surface area contributed by atoms with Crippen LogP contribution in [0.5, 0.6) is 0 Å². The van der Waals surface area contributed by atoms with Crippen molar-refractivity contribution in [3.05, 3.63) is 0 Å². The van der Waals surface area contributed by atoms with Gasteiger partial charge in [0.05, 0.1) is 12.2 Å². The third-order valence-corrected chi connectivity index (χ3v) is 2.14. The van der Waals surface area contributed by atoms with Crippen LogP contribution < -0.4 is 0 Å². The molecule has 4 atom stereocenters. The summed E-state index contributed by atoms with van der Waals surface area (Å²) in [5.74, 6) is 0. The van der Waals surface area contributed by atoms with Gasteiger partial charge in [-0.3, -0.25) is 0 Å². The minimum Gasteiger partial charge on any atom is -0.390 e. The number of hydrogen-bond acceptors (Lipinski definition) is 4. The highest BCUT2D eigenvalue weighted by Gasteiger charge is 2.36. The molecule has 11 heavy (non-hydrogen) atoms. The van der Waals surface area contributed by atoms with Crippen LogP contribution >= 0.6 is 0 Å². The zero-order valence-electron chi connectivity index (χ0n) is 6.47. The molecule has 0 spiro atoms. The molecule has 1 aliphatic carbocycles. The molecule has 1 saturated carbocycles. The van der Waals surface area contributed by atoms with Crippen LogP contribution in [0.3, 0.4) is 0 Å². The van der Waals surface area contributed by atoms with Crippen molar-refractivity contribution in [2.75, 3.05) is 7.11 Å². The fraction of sp³-hybridized carbons (Fsp3) is 1.00. The van der Waals surface area contributed by atoms with Crippen molar-refractivity contribution in [3.63, 3.8) is 0 Å². The van der Waals surface area contributed by atoms with Crippen molar-refractivity contribution >= 4 is 0 Å². The summed E-state index contributed by atoms with van der Waals surface area (Å²) in [5, 5.41) is 27.7. The van der Waals surface area contributed by atoms with E-state index < -0.39 is 24.4 Å². The monoisotopic (exact) mass is 162 g/mol. The molecule has 0 amide bonds. The number of rotatable bonds is 1. The SMILES string of the molecule is COC1C(O)CCC(O)C1O. The predicted molar refractivity (Wildman–Crippen MR) is 38.1 cm³/mol. The van der Waals surface area contributed by atoms with Crippen molar-refractivity contribution in [2.24, 2.45) is 0 Å². The van der Waals surface area contributed by atoms with E-state index in [1.165, 1.54) is 7.11 Å². The summed E-state index contributed by atoms with van der Waals surface area (Å²) in [6.07, 6.45) is -2.09. The van der Waals surface area contributed by atoms with Crippen LogP contribution in [0.1, 0.15) is 12.8 Å². The maximum Gasteiger partial charge on any atom is 0.111 e. The fourth-order valence-electron chi connectivity index (χ4n) is 1.42. The van der Waals surface area contributed by atoms with Gasteiger partial charge in [-0.25, -0.2) is 0 Å². The molecular weight excluding hydrogens is 148 g/mol. The lowest BCUT2D eigenvalue weighted by Crippen LogP contribution is -2.50. The van der Waals surface area contributed by atoms with E-state index in [0.29, 0.717) is 12.8 Å². The molecule has 0 aromatic carbocycles. The third-order valence-electron chi connectivity index (χ3n) is 2.14. The third kappa shape index (κ3) is 1.70. The van der Waals surface area contributed by atoms with Crippen LogP contribution in [0, 0.1) is 0 Å². The lowest BCUT2D eigenvalue weighted by molar-refractivity contribution is -0.148. The zero-order valence-corrected chi connectivity index (χ0v) is 6.47. The Morgan fingerprint density at radius 1 is 1.09 bits per heavy atom. The Kier molecular flexibility index (Phi) is 2.84. The summed E-state index contributed by atoms with van der Waals surface area (Å²) in [6.45, 7) is 0. The first-order valence-corrected chi connectivity index (χ1v) is 3.74. The molecule has 3 N–H and O–H groups in total. The van der Waals surface area contributed by atoms with Gasteiger partial charge in [-0.15, -0.1) is 0 Å². The molecule has 4 heteroatoms. The Balaban J connectivity index is 2.55. The standard InChI is InChI=1S/C7H14O4/c1-11-7-5(9)3-2-4(8)6(7)10/h4-10H,2-3H2,1H3. The average Bonchev–Trinajstić information content (AvgIpc) is 1.99. The molecular formula is C7H14O4. The van der Waals surface area contributed by atoms with E-state index in [4.69, 9.17) is 9.84 Å². The van der Waals surface area contributed by atoms with Gasteiger partial charge in [-0.1, -0.05) is 0 Å². The zero-order chi connectivity index (χ0) is 8.43. The van der Waals surface area contributed by atoms with E-state index in [1.54, 1.807) is 0 Å². The molecule has 0 saturated heterocycles. The number of aliphatic hydroxyl groups excluding tert-OH is 3. The van der Waals surface area contributed by atoms with E-state index in [-0.39, 0.29) is 0 Å². The Morgan fingerprint density at radius 2 is 1.64 bits per heavy atom. The van der Waals surface area contributed by atoms with Gasteiger partial charge >= 0.3 is 0 Å². The van der Waals surface area contributed by atoms with Crippen LogP contribution in [-0.2, 0) is 4.74 Å². The van der Waals surface area contributed by atoms with Crippen molar-refractivity contribution in [2.45, 2.75) is 37.3 Å². The Labute approximate surface area is 65.4 Å². The molecule has 0 aromatic rings. The molecule has 0 radical (unpaired) electrons. The number of ether oxygens (including phenoxy) is 1. The molecule has 4 nitrogen and oxygen atoms in total. The first-order chi connectivity index (χ1) is 5.16.